The third-order valence-corrected chi connectivity index (χ3v) is 6.47. The average molecular weight is 423 g/mol. The minimum atomic E-state index is -2.97. The number of hydrogen-bond donors (Lipinski definition) is 1. The molecule has 1 aromatic rings. The largest absolute Gasteiger partial charge is 0.340 e. The van der Waals surface area contributed by atoms with Crippen molar-refractivity contribution in [3.8, 4) is 0 Å². The number of carbonyl (C=O) groups is 2. The molecule has 160 valence electrons. The Labute approximate surface area is 172 Å². The smallest absolute Gasteiger partial charge is 0.321 e. The fourth-order valence-electron chi connectivity index (χ4n) is 3.83. The highest BCUT2D eigenvalue weighted by molar-refractivity contribution is 7.90. The van der Waals surface area contributed by atoms with E-state index < -0.39 is 9.84 Å². The fourth-order valence-corrected chi connectivity index (χ4v) is 4.42. The summed E-state index contributed by atoms with van der Waals surface area (Å²) in [6, 6.07) is 9.15. The molecule has 0 radical (unpaired) electrons. The van der Waals surface area contributed by atoms with Crippen LogP contribution in [-0.2, 0) is 14.6 Å². The summed E-state index contributed by atoms with van der Waals surface area (Å²) in [4.78, 5) is 31.2. The first-order chi connectivity index (χ1) is 13.8. The van der Waals surface area contributed by atoms with Gasteiger partial charge in [0.1, 0.15) is 9.84 Å². The Bertz CT molecular complexity index is 807. The van der Waals surface area contributed by atoms with Gasteiger partial charge in [0, 0.05) is 57.8 Å². The van der Waals surface area contributed by atoms with E-state index >= 15 is 0 Å². The maximum absolute atomic E-state index is 13.0. The minimum Gasteiger partial charge on any atom is -0.340 e. The van der Waals surface area contributed by atoms with Crippen molar-refractivity contribution in [2.75, 3.05) is 63.1 Å². The quantitative estimate of drug-likeness (QED) is 0.768. The molecule has 0 aliphatic carbocycles. The first-order valence-electron chi connectivity index (χ1n) is 10.1. The summed E-state index contributed by atoms with van der Waals surface area (Å²) in [5.74, 6) is 0.0764. The number of likely N-dealkylation sites (tertiary alicyclic amines) is 1. The van der Waals surface area contributed by atoms with Crippen LogP contribution in [0.3, 0.4) is 0 Å². The van der Waals surface area contributed by atoms with Gasteiger partial charge in [0.15, 0.2) is 0 Å². The van der Waals surface area contributed by atoms with Gasteiger partial charge in [-0.15, -0.1) is 0 Å². The predicted octanol–water partition coefficient (Wildman–Crippen LogP) is 1.12. The number of nitrogens with zero attached hydrogens (tertiary/aromatic N) is 3. The molecule has 0 saturated carbocycles. The van der Waals surface area contributed by atoms with Gasteiger partial charge in [-0.25, -0.2) is 13.2 Å². The minimum absolute atomic E-state index is 0.102. The van der Waals surface area contributed by atoms with Crippen molar-refractivity contribution in [1.82, 2.24) is 14.7 Å². The van der Waals surface area contributed by atoms with Crippen LogP contribution in [0.25, 0.3) is 0 Å². The molecule has 1 N–H and O–H groups in total. The van der Waals surface area contributed by atoms with Crippen LogP contribution in [-0.4, -0.2) is 92.9 Å². The predicted molar refractivity (Wildman–Crippen MR) is 112 cm³/mol. The van der Waals surface area contributed by atoms with E-state index in [1.54, 1.807) is 4.90 Å². The number of piperidine rings is 1. The third kappa shape index (κ3) is 6.43. The molecule has 29 heavy (non-hydrogen) atoms. The molecule has 1 atom stereocenters. The monoisotopic (exact) mass is 422 g/mol. The molecular formula is C20H30N4O4S. The second-order valence-electron chi connectivity index (χ2n) is 7.88. The van der Waals surface area contributed by atoms with Gasteiger partial charge >= 0.3 is 6.03 Å². The Balaban J connectivity index is 1.48. The summed E-state index contributed by atoms with van der Waals surface area (Å²) < 4.78 is 22.7. The van der Waals surface area contributed by atoms with E-state index in [4.69, 9.17) is 0 Å². The van der Waals surface area contributed by atoms with E-state index in [0.717, 1.165) is 18.5 Å². The molecule has 2 heterocycles. The van der Waals surface area contributed by atoms with Crippen molar-refractivity contribution in [3.05, 3.63) is 30.3 Å². The summed E-state index contributed by atoms with van der Waals surface area (Å²) in [6.07, 6.45) is 2.85. The van der Waals surface area contributed by atoms with Gasteiger partial charge in [-0.05, 0) is 25.0 Å². The van der Waals surface area contributed by atoms with Crippen molar-refractivity contribution in [2.24, 2.45) is 5.92 Å². The van der Waals surface area contributed by atoms with Crippen molar-refractivity contribution < 1.29 is 18.0 Å². The van der Waals surface area contributed by atoms with Crippen LogP contribution in [0, 0.1) is 5.92 Å². The average Bonchev–Trinajstić information content (AvgIpc) is 2.72. The summed E-state index contributed by atoms with van der Waals surface area (Å²) in [5, 5.41) is 2.89. The SMILES string of the molecule is CS(=O)(=O)CCN1CCN(C(=O)C2CCCN(C(=O)Nc3ccccc3)C2)CC1. The first-order valence-corrected chi connectivity index (χ1v) is 12.2. The Kier molecular flexibility index (Phi) is 7.13. The van der Waals surface area contributed by atoms with Crippen LogP contribution < -0.4 is 5.32 Å². The Morgan fingerprint density at radius 1 is 1.03 bits per heavy atom. The Morgan fingerprint density at radius 2 is 1.72 bits per heavy atom. The number of rotatable bonds is 5. The molecule has 9 heteroatoms. The van der Waals surface area contributed by atoms with Gasteiger partial charge in [0.25, 0.3) is 0 Å². The lowest BCUT2D eigenvalue weighted by Crippen LogP contribution is -2.53. The van der Waals surface area contributed by atoms with Crippen LogP contribution in [0.5, 0.6) is 0 Å². The fraction of sp³-hybridized carbons (Fsp3) is 0.600. The number of nitrogens with one attached hydrogen (secondary N) is 1. The Morgan fingerprint density at radius 3 is 2.38 bits per heavy atom. The van der Waals surface area contributed by atoms with E-state index in [0.29, 0.717) is 45.8 Å². The van der Waals surface area contributed by atoms with Gasteiger partial charge in [-0.2, -0.15) is 0 Å². The summed E-state index contributed by atoms with van der Waals surface area (Å²) in [6.45, 7) is 4.19. The number of carbonyl (C=O) groups excluding carboxylic acids is 2. The normalized spacial score (nSPS) is 21.1. The lowest BCUT2D eigenvalue weighted by Gasteiger charge is -2.39. The van der Waals surface area contributed by atoms with Gasteiger partial charge in [-0.1, -0.05) is 18.2 Å². The second kappa shape index (κ2) is 9.58. The van der Waals surface area contributed by atoms with Gasteiger partial charge in [0.05, 0.1) is 11.7 Å². The number of anilines is 1. The maximum atomic E-state index is 13.0. The second-order valence-corrected chi connectivity index (χ2v) is 10.1. The molecule has 3 amide bonds. The zero-order chi connectivity index (χ0) is 20.9. The van der Waals surface area contributed by atoms with Crippen LogP contribution in [0.1, 0.15) is 12.8 Å². The summed E-state index contributed by atoms with van der Waals surface area (Å²) in [5.41, 5.74) is 0.746. The lowest BCUT2D eigenvalue weighted by molar-refractivity contribution is -0.138. The lowest BCUT2D eigenvalue weighted by atomic mass is 9.96. The van der Waals surface area contributed by atoms with Gasteiger partial charge in [0.2, 0.25) is 5.91 Å². The van der Waals surface area contributed by atoms with Crippen molar-refractivity contribution in [2.45, 2.75) is 12.8 Å². The molecule has 0 aromatic heterocycles. The highest BCUT2D eigenvalue weighted by Crippen LogP contribution is 2.21. The van der Waals surface area contributed by atoms with Crippen LogP contribution in [0.4, 0.5) is 10.5 Å². The highest BCUT2D eigenvalue weighted by atomic mass is 32.2. The highest BCUT2D eigenvalue weighted by Gasteiger charge is 2.32. The zero-order valence-electron chi connectivity index (χ0n) is 16.9. The molecule has 2 saturated heterocycles. The molecular weight excluding hydrogens is 392 g/mol. The molecule has 1 unspecified atom stereocenters. The molecule has 0 bridgehead atoms. The van der Waals surface area contributed by atoms with E-state index in [9.17, 15) is 18.0 Å². The molecule has 2 aliphatic heterocycles. The number of para-hydroxylation sites is 1. The molecule has 2 fully saturated rings. The van der Waals surface area contributed by atoms with Gasteiger partial charge < -0.3 is 15.1 Å². The van der Waals surface area contributed by atoms with E-state index in [1.807, 2.05) is 35.2 Å². The van der Waals surface area contributed by atoms with Crippen LogP contribution in [0.15, 0.2) is 30.3 Å². The number of urea groups is 1. The number of hydrogen-bond acceptors (Lipinski definition) is 5. The number of amides is 3. The first kappa shape index (κ1) is 21.6. The summed E-state index contributed by atoms with van der Waals surface area (Å²) >= 11 is 0. The van der Waals surface area contributed by atoms with Crippen molar-refractivity contribution in [1.29, 1.82) is 0 Å². The van der Waals surface area contributed by atoms with Crippen LogP contribution in [0.2, 0.25) is 0 Å². The topological polar surface area (TPSA) is 90.0 Å². The number of sulfone groups is 1. The van der Waals surface area contributed by atoms with Crippen molar-refractivity contribution in [3.63, 3.8) is 0 Å². The number of piperazine rings is 1. The third-order valence-electron chi connectivity index (χ3n) is 5.55. The van der Waals surface area contributed by atoms with Crippen LogP contribution >= 0.6 is 0 Å². The molecule has 8 nitrogen and oxygen atoms in total. The Hall–Kier alpha value is -2.13. The van der Waals surface area contributed by atoms with Gasteiger partial charge in [-0.3, -0.25) is 9.69 Å². The number of benzene rings is 1. The van der Waals surface area contributed by atoms with E-state index in [-0.39, 0.29) is 23.6 Å². The zero-order valence-corrected chi connectivity index (χ0v) is 17.7. The molecule has 3 rings (SSSR count). The molecule has 0 spiro atoms. The summed E-state index contributed by atoms with van der Waals surface area (Å²) in [7, 11) is -2.97. The van der Waals surface area contributed by atoms with E-state index in [1.165, 1.54) is 6.26 Å². The standard InChI is InChI=1S/C20H30N4O4S/c1-29(27,28)15-14-22-10-12-23(13-11-22)19(25)17-6-5-9-24(16-17)20(26)21-18-7-3-2-4-8-18/h2-4,7-8,17H,5-6,9-16H2,1H3,(H,21,26). The molecule has 2 aliphatic rings. The van der Waals surface area contributed by atoms with E-state index in [2.05, 4.69) is 10.2 Å². The molecule has 1 aromatic carbocycles. The van der Waals surface area contributed by atoms with Crippen molar-refractivity contribution >= 4 is 27.5 Å². The maximum Gasteiger partial charge on any atom is 0.321 e.